The smallest absolute Gasteiger partial charge is 0.264 e. The van der Waals surface area contributed by atoms with Gasteiger partial charge in [-0.25, -0.2) is 22.2 Å². The van der Waals surface area contributed by atoms with E-state index in [1.165, 1.54) is 11.4 Å². The highest BCUT2D eigenvalue weighted by atomic mass is 32.2. The van der Waals surface area contributed by atoms with E-state index in [1.54, 1.807) is 48.5 Å². The fraction of sp³-hybridized carbons (Fsp3) is 0.333. The number of hydrogen-bond acceptors (Lipinski definition) is 5. The second-order valence-corrected chi connectivity index (χ2v) is 13.7. The maximum Gasteiger partial charge on any atom is 0.264 e. The molecule has 0 bridgehead atoms. The molecular weight excluding hydrogens is 586 g/mol. The topological polar surface area (TPSA) is 105 Å². The van der Waals surface area contributed by atoms with Crippen molar-refractivity contribution in [1.29, 1.82) is 0 Å². The summed E-state index contributed by atoms with van der Waals surface area (Å²) in [5, 5.41) is 13.2. The lowest BCUT2D eigenvalue weighted by Gasteiger charge is -2.33. The Morgan fingerprint density at radius 3 is 2.55 bits per heavy atom. The van der Waals surface area contributed by atoms with Gasteiger partial charge in [-0.15, -0.1) is 0 Å². The normalized spacial score (nSPS) is 20.9. The third kappa shape index (κ3) is 5.39. The van der Waals surface area contributed by atoms with Crippen molar-refractivity contribution in [3.8, 4) is 0 Å². The van der Waals surface area contributed by atoms with Crippen molar-refractivity contribution in [2.24, 2.45) is 18.9 Å². The van der Waals surface area contributed by atoms with E-state index in [4.69, 9.17) is 0 Å². The van der Waals surface area contributed by atoms with E-state index in [0.717, 1.165) is 16.9 Å². The number of allylic oxidation sites excluding steroid dienone is 2. The molecule has 1 heterocycles. The van der Waals surface area contributed by atoms with Gasteiger partial charge in [0, 0.05) is 57.0 Å². The van der Waals surface area contributed by atoms with Gasteiger partial charge in [0.25, 0.3) is 15.9 Å². The number of fused-ring (bicyclic) bond motifs is 2. The van der Waals surface area contributed by atoms with Crippen molar-refractivity contribution in [2.75, 3.05) is 23.3 Å². The SMILES string of the molecule is Cc1nc2cc(S(=O)(=O)N(C)c3ccc([C@H]4C=CC[C@@H](C(=O)Nc5ccc6c(c5)CC(F)(F)C6)[C@@H]4CO)cc3)ccc2n1C. The summed E-state index contributed by atoms with van der Waals surface area (Å²) >= 11 is 0. The molecule has 3 atom stereocenters. The average molecular weight is 621 g/mol. The molecule has 0 fully saturated rings. The van der Waals surface area contributed by atoms with E-state index in [9.17, 15) is 27.1 Å². The first-order chi connectivity index (χ1) is 20.9. The van der Waals surface area contributed by atoms with Crippen molar-refractivity contribution in [1.82, 2.24) is 9.55 Å². The number of anilines is 2. The van der Waals surface area contributed by atoms with Gasteiger partial charge in [0.2, 0.25) is 5.91 Å². The van der Waals surface area contributed by atoms with Gasteiger partial charge in [-0.3, -0.25) is 9.10 Å². The lowest BCUT2D eigenvalue weighted by atomic mass is 9.73. The highest BCUT2D eigenvalue weighted by Crippen LogP contribution is 2.40. The van der Waals surface area contributed by atoms with Crippen molar-refractivity contribution >= 4 is 38.3 Å². The maximum absolute atomic E-state index is 13.8. The summed E-state index contributed by atoms with van der Waals surface area (Å²) in [4.78, 5) is 17.9. The van der Waals surface area contributed by atoms with Gasteiger partial charge in [-0.2, -0.15) is 0 Å². The lowest BCUT2D eigenvalue weighted by Crippen LogP contribution is -2.36. The molecular formula is C33H34F2N4O4S. The quantitative estimate of drug-likeness (QED) is 0.271. The molecule has 2 aliphatic rings. The molecule has 2 aliphatic carbocycles. The molecule has 2 N–H and O–H groups in total. The third-order valence-corrected chi connectivity index (χ3v) is 10.8. The Balaban J connectivity index is 1.18. The van der Waals surface area contributed by atoms with Crippen molar-refractivity contribution in [3.05, 3.63) is 95.3 Å². The van der Waals surface area contributed by atoms with Crippen LogP contribution >= 0.6 is 0 Å². The molecule has 11 heteroatoms. The summed E-state index contributed by atoms with van der Waals surface area (Å²) in [7, 11) is -0.490. The van der Waals surface area contributed by atoms with E-state index in [1.807, 2.05) is 42.8 Å². The first-order valence-corrected chi connectivity index (χ1v) is 15.9. The first-order valence-electron chi connectivity index (χ1n) is 14.5. The largest absolute Gasteiger partial charge is 0.396 e. The van der Waals surface area contributed by atoms with Gasteiger partial charge < -0.3 is 15.0 Å². The summed E-state index contributed by atoms with van der Waals surface area (Å²) in [6.45, 7) is 1.62. The maximum atomic E-state index is 13.8. The minimum absolute atomic E-state index is 0.135. The Kier molecular flexibility index (Phi) is 7.57. The Bertz CT molecular complexity index is 1890. The number of aryl methyl sites for hydroxylation is 2. The molecule has 0 saturated carbocycles. The molecule has 1 amide bonds. The zero-order chi connectivity index (χ0) is 31.4. The number of aliphatic hydroxyl groups excluding tert-OH is 1. The van der Waals surface area contributed by atoms with Crippen molar-refractivity contribution in [2.45, 2.75) is 42.9 Å². The highest BCUT2D eigenvalue weighted by molar-refractivity contribution is 7.92. The number of imidazole rings is 1. The molecule has 6 rings (SSSR count). The molecule has 8 nitrogen and oxygen atoms in total. The predicted molar refractivity (Wildman–Crippen MR) is 165 cm³/mol. The number of hydrogen-bond donors (Lipinski definition) is 2. The molecule has 0 radical (unpaired) electrons. The van der Waals surface area contributed by atoms with Crippen LogP contribution in [0.5, 0.6) is 0 Å². The Hall–Kier alpha value is -4.09. The van der Waals surface area contributed by atoms with Crippen molar-refractivity contribution in [3.63, 3.8) is 0 Å². The summed E-state index contributed by atoms with van der Waals surface area (Å²) in [5.41, 5.74) is 4.32. The van der Waals surface area contributed by atoms with E-state index < -0.39 is 27.8 Å². The van der Waals surface area contributed by atoms with Gasteiger partial charge in [0.15, 0.2) is 0 Å². The second kappa shape index (κ2) is 11.1. The number of aliphatic hydroxyl groups is 1. The molecule has 44 heavy (non-hydrogen) atoms. The fourth-order valence-electron chi connectivity index (χ4n) is 6.40. The van der Waals surface area contributed by atoms with Crippen LogP contribution in [-0.4, -0.2) is 48.6 Å². The van der Waals surface area contributed by atoms with Crippen LogP contribution in [0.4, 0.5) is 20.2 Å². The number of rotatable bonds is 7. The van der Waals surface area contributed by atoms with Crippen LogP contribution in [0.3, 0.4) is 0 Å². The Morgan fingerprint density at radius 2 is 1.82 bits per heavy atom. The number of nitrogens with one attached hydrogen (secondary N) is 1. The molecule has 4 aromatic rings. The fourth-order valence-corrected chi connectivity index (χ4v) is 7.62. The van der Waals surface area contributed by atoms with Gasteiger partial charge in [-0.05, 0) is 72.5 Å². The zero-order valence-electron chi connectivity index (χ0n) is 24.7. The van der Waals surface area contributed by atoms with Crippen LogP contribution in [0.25, 0.3) is 11.0 Å². The van der Waals surface area contributed by atoms with Crippen molar-refractivity contribution < 1.29 is 27.1 Å². The van der Waals surface area contributed by atoms with Crippen LogP contribution in [0.15, 0.2) is 77.7 Å². The first kappa shape index (κ1) is 30.0. The molecule has 0 spiro atoms. The summed E-state index contributed by atoms with van der Waals surface area (Å²) in [6.07, 6.45) is 3.66. The van der Waals surface area contributed by atoms with E-state index >= 15 is 0 Å². The zero-order valence-corrected chi connectivity index (χ0v) is 25.5. The number of aromatic nitrogens is 2. The van der Waals surface area contributed by atoms with Gasteiger partial charge >= 0.3 is 0 Å². The molecule has 0 aliphatic heterocycles. The van der Waals surface area contributed by atoms with Crippen LogP contribution in [0.2, 0.25) is 0 Å². The number of alkyl halides is 2. The minimum Gasteiger partial charge on any atom is -0.396 e. The number of amides is 1. The minimum atomic E-state index is -3.86. The van der Waals surface area contributed by atoms with Gasteiger partial charge in [-0.1, -0.05) is 30.4 Å². The van der Waals surface area contributed by atoms with Gasteiger partial charge in [0.1, 0.15) is 5.82 Å². The average Bonchev–Trinajstić information content (AvgIpc) is 3.48. The second-order valence-electron chi connectivity index (χ2n) is 11.8. The number of benzene rings is 3. The van der Waals surface area contributed by atoms with E-state index in [-0.39, 0.29) is 36.2 Å². The predicted octanol–water partition coefficient (Wildman–Crippen LogP) is 5.35. The van der Waals surface area contributed by atoms with Crippen LogP contribution < -0.4 is 9.62 Å². The molecule has 0 saturated heterocycles. The third-order valence-electron chi connectivity index (χ3n) is 9.01. The number of carbonyl (C=O) groups excluding carboxylic acids is 1. The van der Waals surface area contributed by atoms with Crippen LogP contribution in [0, 0.1) is 18.8 Å². The lowest BCUT2D eigenvalue weighted by molar-refractivity contribution is -0.122. The van der Waals surface area contributed by atoms with Gasteiger partial charge in [0.05, 0.1) is 21.6 Å². The summed E-state index contributed by atoms with van der Waals surface area (Å²) in [5.74, 6) is -3.53. The Morgan fingerprint density at radius 1 is 1.09 bits per heavy atom. The van der Waals surface area contributed by atoms with Crippen LogP contribution in [0.1, 0.15) is 34.9 Å². The Labute approximate surface area is 255 Å². The molecule has 1 aromatic heterocycles. The molecule has 230 valence electrons. The summed E-state index contributed by atoms with van der Waals surface area (Å²) < 4.78 is 57.8. The standard InChI is InChI=1S/C33H34F2N4O4S/c1-20-36-30-16-26(13-14-31(30)38(20)2)44(42,43)39(3)25-11-8-21(9-12-25)27-5-4-6-28(29(27)19-40)32(41)37-24-10-7-22-17-33(34,35)18-23(22)15-24/h4-5,7-16,27-29,40H,6,17-19H2,1-3H3,(H,37,41)/t27-,28-,29-/m1/s1. The van der Waals surface area contributed by atoms with E-state index in [0.29, 0.717) is 34.4 Å². The van der Waals surface area contributed by atoms with Crippen LogP contribution in [-0.2, 0) is 34.7 Å². The number of halogens is 2. The molecule has 0 unspecified atom stereocenters. The highest BCUT2D eigenvalue weighted by Gasteiger charge is 2.38. The monoisotopic (exact) mass is 620 g/mol. The molecule has 3 aromatic carbocycles. The van der Waals surface area contributed by atoms with E-state index in [2.05, 4.69) is 10.3 Å². The number of carbonyl (C=O) groups is 1. The summed E-state index contributed by atoms with van der Waals surface area (Å²) in [6, 6.07) is 16.8. The number of sulfonamides is 1. The number of nitrogens with zero attached hydrogens (tertiary/aromatic N) is 3.